The standard InChI is InChI=1S/C9H9N2O2S/c12-9-7-14-11(13)10(9)6-8-4-2-1-3-5-8/h1-5H,6-7H2/q+1. The van der Waals surface area contributed by atoms with Crippen LogP contribution in [0, 0.1) is 4.91 Å². The maximum absolute atomic E-state index is 11.3. The Bertz CT molecular complexity index is 350. The summed E-state index contributed by atoms with van der Waals surface area (Å²) in [5, 5.41) is 1.21. The minimum Gasteiger partial charge on any atom is -0.268 e. The first-order valence-corrected chi connectivity index (χ1v) is 5.16. The zero-order chi connectivity index (χ0) is 9.97. The predicted molar refractivity (Wildman–Crippen MR) is 53.1 cm³/mol. The highest BCUT2D eigenvalue weighted by Gasteiger charge is 2.39. The molecule has 4 nitrogen and oxygen atoms in total. The van der Waals surface area contributed by atoms with E-state index in [1.165, 1.54) is 5.01 Å². The molecule has 0 aliphatic carbocycles. The number of hydrogen-bond acceptors (Lipinski definition) is 3. The van der Waals surface area contributed by atoms with Crippen molar-refractivity contribution in [2.45, 2.75) is 6.54 Å². The predicted octanol–water partition coefficient (Wildman–Crippen LogP) is 1.37. The quantitative estimate of drug-likeness (QED) is 0.545. The first-order chi connectivity index (χ1) is 6.77. The Labute approximate surface area is 85.6 Å². The molecule has 5 heteroatoms. The number of rotatable bonds is 2. The number of hydrogen-bond donors (Lipinski definition) is 0. The molecule has 0 saturated carbocycles. The third kappa shape index (κ3) is 1.77. The van der Waals surface area contributed by atoms with E-state index in [0.29, 0.717) is 10.8 Å². The SMILES string of the molecule is O=C1CS[N+](=O)N1Cc1ccccc1. The van der Waals surface area contributed by atoms with Crippen LogP contribution in [-0.4, -0.2) is 20.9 Å². The zero-order valence-corrected chi connectivity index (χ0v) is 8.24. The third-order valence-corrected chi connectivity index (χ3v) is 2.75. The molecule has 0 N–H and O–H groups in total. The van der Waals surface area contributed by atoms with Crippen LogP contribution in [0.3, 0.4) is 0 Å². The van der Waals surface area contributed by atoms with Gasteiger partial charge in [0.15, 0.2) is 5.75 Å². The number of carbonyl (C=O) groups is 1. The molecule has 1 aromatic carbocycles. The molecule has 1 heterocycles. The maximum atomic E-state index is 11.3. The molecule has 1 aliphatic rings. The molecule has 0 unspecified atom stereocenters. The van der Waals surface area contributed by atoms with E-state index in [4.69, 9.17) is 0 Å². The summed E-state index contributed by atoms with van der Waals surface area (Å²) in [7, 11) is 0. The van der Waals surface area contributed by atoms with Crippen LogP contribution in [0.4, 0.5) is 0 Å². The van der Waals surface area contributed by atoms with Gasteiger partial charge in [-0.25, -0.2) is 0 Å². The van der Waals surface area contributed by atoms with Crippen LogP contribution in [0.2, 0.25) is 0 Å². The highest BCUT2D eigenvalue weighted by atomic mass is 32.2. The fourth-order valence-corrected chi connectivity index (χ4v) is 1.91. The molecule has 0 atom stereocenters. The second kappa shape index (κ2) is 3.79. The van der Waals surface area contributed by atoms with Crippen LogP contribution in [0.15, 0.2) is 30.3 Å². The number of benzene rings is 1. The highest BCUT2D eigenvalue weighted by Crippen LogP contribution is 2.18. The molecule has 1 fully saturated rings. The van der Waals surface area contributed by atoms with E-state index < -0.39 is 0 Å². The van der Waals surface area contributed by atoms with Crippen molar-refractivity contribution in [3.8, 4) is 0 Å². The van der Waals surface area contributed by atoms with Gasteiger partial charge in [0.25, 0.3) is 17.9 Å². The van der Waals surface area contributed by atoms with Gasteiger partial charge in [-0.15, -0.1) is 0 Å². The van der Waals surface area contributed by atoms with E-state index in [1.807, 2.05) is 30.3 Å². The van der Waals surface area contributed by atoms with Crippen LogP contribution in [0.25, 0.3) is 0 Å². The molecule has 1 aromatic rings. The van der Waals surface area contributed by atoms with Gasteiger partial charge >= 0.3 is 0 Å². The number of nitrogens with zero attached hydrogens (tertiary/aromatic N) is 2. The van der Waals surface area contributed by atoms with Gasteiger partial charge in [-0.1, -0.05) is 35.3 Å². The third-order valence-electron chi connectivity index (χ3n) is 1.96. The van der Waals surface area contributed by atoms with Crippen molar-refractivity contribution in [1.29, 1.82) is 0 Å². The molecule has 1 aliphatic heterocycles. The van der Waals surface area contributed by atoms with Crippen molar-refractivity contribution in [2.24, 2.45) is 0 Å². The fourth-order valence-electron chi connectivity index (χ4n) is 1.25. The zero-order valence-electron chi connectivity index (χ0n) is 7.42. The molecule has 2 rings (SSSR count). The van der Waals surface area contributed by atoms with Gasteiger partial charge < -0.3 is 0 Å². The van der Waals surface area contributed by atoms with Crippen molar-refractivity contribution in [1.82, 2.24) is 5.01 Å². The van der Waals surface area contributed by atoms with Crippen LogP contribution < -0.4 is 0 Å². The van der Waals surface area contributed by atoms with Crippen LogP contribution in [-0.2, 0) is 11.3 Å². The van der Waals surface area contributed by atoms with Gasteiger partial charge in [0, 0.05) is 0 Å². The molecule has 1 amide bonds. The summed E-state index contributed by atoms with van der Waals surface area (Å²) < 4.78 is 0.648. The second-order valence-corrected chi connectivity index (χ2v) is 3.81. The molecule has 1 saturated heterocycles. The van der Waals surface area contributed by atoms with Gasteiger partial charge in [0.2, 0.25) is 4.27 Å². The molecule has 14 heavy (non-hydrogen) atoms. The van der Waals surface area contributed by atoms with Crippen LogP contribution in [0.1, 0.15) is 5.56 Å². The normalized spacial score (nSPS) is 16.4. The van der Waals surface area contributed by atoms with Crippen LogP contribution >= 0.6 is 11.9 Å². The average molecular weight is 209 g/mol. The molecule has 72 valence electrons. The van der Waals surface area contributed by atoms with Crippen LogP contribution in [0.5, 0.6) is 0 Å². The Balaban J connectivity index is 2.11. The van der Waals surface area contributed by atoms with E-state index in [1.54, 1.807) is 0 Å². The maximum Gasteiger partial charge on any atom is 0.300 e. The van der Waals surface area contributed by atoms with Gasteiger partial charge in [0.05, 0.1) is 4.91 Å². The van der Waals surface area contributed by atoms with Gasteiger partial charge in [-0.3, -0.25) is 4.79 Å². The Morgan fingerprint density at radius 2 is 2.07 bits per heavy atom. The number of carbonyl (C=O) groups excluding carboxylic acids is 1. The van der Waals surface area contributed by atoms with E-state index >= 15 is 0 Å². The fraction of sp³-hybridized carbons (Fsp3) is 0.222. The van der Waals surface area contributed by atoms with Crippen molar-refractivity contribution in [3.63, 3.8) is 0 Å². The smallest absolute Gasteiger partial charge is 0.268 e. The summed E-state index contributed by atoms with van der Waals surface area (Å²) in [4.78, 5) is 22.4. The summed E-state index contributed by atoms with van der Waals surface area (Å²) in [6.45, 7) is 0.357. The summed E-state index contributed by atoms with van der Waals surface area (Å²) in [5.74, 6) is 0.116. The largest absolute Gasteiger partial charge is 0.300 e. The summed E-state index contributed by atoms with van der Waals surface area (Å²) in [6, 6.07) is 9.46. The Hall–Kier alpha value is -1.36. The Kier molecular flexibility index (Phi) is 2.49. The van der Waals surface area contributed by atoms with Crippen molar-refractivity contribution in [2.75, 3.05) is 5.75 Å². The molecule has 0 radical (unpaired) electrons. The number of amides is 1. The second-order valence-electron chi connectivity index (χ2n) is 2.95. The average Bonchev–Trinajstić information content (AvgIpc) is 2.51. The lowest BCUT2D eigenvalue weighted by atomic mass is 10.2. The van der Waals surface area contributed by atoms with Crippen molar-refractivity contribution in [3.05, 3.63) is 40.8 Å². The summed E-state index contributed by atoms with van der Waals surface area (Å²) >= 11 is 0.987. The molecule has 0 aromatic heterocycles. The molecular formula is C9H9N2O2S+. The van der Waals surface area contributed by atoms with Crippen molar-refractivity contribution >= 4 is 17.9 Å². The first kappa shape index (κ1) is 9.21. The highest BCUT2D eigenvalue weighted by molar-refractivity contribution is 7.94. The molecular weight excluding hydrogens is 200 g/mol. The van der Waals surface area contributed by atoms with Gasteiger partial charge in [0.1, 0.15) is 6.54 Å². The molecule has 0 spiro atoms. The lowest BCUT2D eigenvalue weighted by molar-refractivity contribution is -0.544. The van der Waals surface area contributed by atoms with Gasteiger partial charge in [-0.05, 0) is 5.56 Å². The topological polar surface area (TPSA) is 40.4 Å². The van der Waals surface area contributed by atoms with E-state index in [9.17, 15) is 9.70 Å². The Morgan fingerprint density at radius 1 is 1.36 bits per heavy atom. The number of nitroso groups, excluding NO2 is 1. The monoisotopic (exact) mass is 209 g/mol. The van der Waals surface area contributed by atoms with E-state index in [0.717, 1.165) is 17.5 Å². The van der Waals surface area contributed by atoms with E-state index in [2.05, 4.69) is 0 Å². The lowest BCUT2D eigenvalue weighted by Crippen LogP contribution is -2.29. The van der Waals surface area contributed by atoms with E-state index in [-0.39, 0.29) is 11.7 Å². The lowest BCUT2D eigenvalue weighted by Gasteiger charge is -2.03. The summed E-state index contributed by atoms with van der Waals surface area (Å²) in [6.07, 6.45) is 0. The minimum atomic E-state index is -0.131. The van der Waals surface area contributed by atoms with Gasteiger partial charge in [-0.2, -0.15) is 0 Å². The summed E-state index contributed by atoms with van der Waals surface area (Å²) in [5.41, 5.74) is 0.962. The minimum absolute atomic E-state index is 0.131. The molecule has 0 bridgehead atoms. The number of hydrazine groups is 1. The first-order valence-electron chi connectivity index (χ1n) is 4.22. The Morgan fingerprint density at radius 3 is 2.64 bits per heavy atom. The van der Waals surface area contributed by atoms with Crippen molar-refractivity contribution < 1.29 is 9.07 Å².